The normalized spacial score (nSPS) is 12.7. The van der Waals surface area contributed by atoms with Gasteiger partial charge in [0.15, 0.2) is 0 Å². The van der Waals surface area contributed by atoms with Crippen molar-refractivity contribution in [3.8, 4) is 0 Å². The molecule has 0 aromatic rings. The Labute approximate surface area is 513 Å². The standard InChI is InChI=1S/C76H145NO5/c1-3-5-7-9-11-13-15-17-19-20-21-22-23-29-32-35-38-41-44-48-52-56-60-64-68-74(79)73(72-78)77-75(80)69-65-61-57-53-49-45-42-39-36-33-30-27-25-24-26-28-31-34-37-40-43-47-51-55-59-63-67-71-82-76(81)70-66-62-58-54-50-46-18-16-14-12-10-8-6-4-2/h16,18,24-25,28,31,73-74,78-79H,3-15,17,19-23,26-27,29-30,32-72H2,1-2H3,(H,77,80)/b18-16-,25-24-,31-28-. The van der Waals surface area contributed by atoms with Gasteiger partial charge in [-0.05, 0) is 83.5 Å². The van der Waals surface area contributed by atoms with Crippen LogP contribution in [-0.4, -0.2) is 47.4 Å². The maximum atomic E-state index is 12.6. The Morgan fingerprint density at radius 2 is 0.610 bits per heavy atom. The van der Waals surface area contributed by atoms with Gasteiger partial charge in [-0.1, -0.05) is 352 Å². The van der Waals surface area contributed by atoms with Gasteiger partial charge < -0.3 is 20.3 Å². The fourth-order valence-electron chi connectivity index (χ4n) is 11.7. The Kier molecular flexibility index (Phi) is 69.9. The second-order valence-electron chi connectivity index (χ2n) is 25.6. The second kappa shape index (κ2) is 71.6. The lowest BCUT2D eigenvalue weighted by molar-refractivity contribution is -0.143. The molecule has 0 heterocycles. The molecule has 6 nitrogen and oxygen atoms in total. The number of rotatable bonds is 70. The van der Waals surface area contributed by atoms with Gasteiger partial charge in [-0.15, -0.1) is 0 Å². The van der Waals surface area contributed by atoms with Gasteiger partial charge in [0.25, 0.3) is 0 Å². The monoisotopic (exact) mass is 1150 g/mol. The minimum atomic E-state index is -0.668. The minimum Gasteiger partial charge on any atom is -0.466 e. The summed E-state index contributed by atoms with van der Waals surface area (Å²) >= 11 is 0. The van der Waals surface area contributed by atoms with Crippen molar-refractivity contribution in [2.75, 3.05) is 13.2 Å². The van der Waals surface area contributed by atoms with Crippen molar-refractivity contribution < 1.29 is 24.5 Å². The summed E-state index contributed by atoms with van der Waals surface area (Å²) in [5.74, 6) is -0.0308. The van der Waals surface area contributed by atoms with Gasteiger partial charge in [0.05, 0.1) is 25.4 Å². The van der Waals surface area contributed by atoms with Crippen molar-refractivity contribution in [2.45, 2.75) is 424 Å². The van der Waals surface area contributed by atoms with Gasteiger partial charge in [0.2, 0.25) is 5.91 Å². The molecule has 0 fully saturated rings. The molecule has 0 radical (unpaired) electrons. The van der Waals surface area contributed by atoms with E-state index in [0.717, 1.165) is 51.4 Å². The van der Waals surface area contributed by atoms with Crippen molar-refractivity contribution in [3.63, 3.8) is 0 Å². The van der Waals surface area contributed by atoms with Gasteiger partial charge in [-0.3, -0.25) is 9.59 Å². The topological polar surface area (TPSA) is 95.9 Å². The summed E-state index contributed by atoms with van der Waals surface area (Å²) in [5, 5.41) is 23.5. The van der Waals surface area contributed by atoms with E-state index in [0.29, 0.717) is 25.9 Å². The Balaban J connectivity index is 3.42. The number of hydrogen-bond donors (Lipinski definition) is 3. The van der Waals surface area contributed by atoms with Crippen LogP contribution < -0.4 is 5.32 Å². The summed E-state index contributed by atoms with van der Waals surface area (Å²) in [4.78, 5) is 24.6. The van der Waals surface area contributed by atoms with Gasteiger partial charge in [-0.25, -0.2) is 0 Å². The zero-order chi connectivity index (χ0) is 59.2. The number of carbonyl (C=O) groups excluding carboxylic acids is 2. The van der Waals surface area contributed by atoms with Gasteiger partial charge in [0.1, 0.15) is 0 Å². The van der Waals surface area contributed by atoms with E-state index in [1.807, 2.05) is 0 Å². The van der Waals surface area contributed by atoms with Gasteiger partial charge in [-0.2, -0.15) is 0 Å². The fourth-order valence-corrected chi connectivity index (χ4v) is 11.7. The molecular weight excluding hydrogens is 1010 g/mol. The Morgan fingerprint density at radius 1 is 0.341 bits per heavy atom. The lowest BCUT2D eigenvalue weighted by Gasteiger charge is -2.22. The molecule has 0 rings (SSSR count). The number of esters is 1. The van der Waals surface area contributed by atoms with E-state index in [1.54, 1.807) is 0 Å². The largest absolute Gasteiger partial charge is 0.466 e. The summed E-state index contributed by atoms with van der Waals surface area (Å²) in [7, 11) is 0. The molecular formula is C76H145NO5. The SMILES string of the molecule is CCCCCCC/C=C\CCCCCCCC(=O)OCCCCCCCCCCC/C=C\C/C=C\CCCCCCCCCCCCCC(=O)NC(CO)C(O)CCCCCCCCCCCCCCCCCCCCCCCCCC. The van der Waals surface area contributed by atoms with Crippen LogP contribution in [0.5, 0.6) is 0 Å². The van der Waals surface area contributed by atoms with Crippen LogP contribution in [0.3, 0.4) is 0 Å². The van der Waals surface area contributed by atoms with Crippen LogP contribution in [0.1, 0.15) is 412 Å². The summed E-state index contributed by atoms with van der Waals surface area (Å²) < 4.78 is 5.48. The number of aliphatic hydroxyl groups is 2. The maximum absolute atomic E-state index is 12.6. The predicted octanol–water partition coefficient (Wildman–Crippen LogP) is 24.3. The Bertz CT molecular complexity index is 1330. The maximum Gasteiger partial charge on any atom is 0.305 e. The molecule has 0 saturated carbocycles. The molecule has 3 N–H and O–H groups in total. The van der Waals surface area contributed by atoms with E-state index in [1.165, 1.54) is 327 Å². The van der Waals surface area contributed by atoms with E-state index in [9.17, 15) is 19.8 Å². The zero-order valence-electron chi connectivity index (χ0n) is 55.5. The molecule has 6 heteroatoms. The van der Waals surface area contributed by atoms with E-state index < -0.39 is 12.1 Å². The highest BCUT2D eigenvalue weighted by atomic mass is 16.5. The first-order chi connectivity index (χ1) is 40.5. The third-order valence-corrected chi connectivity index (χ3v) is 17.4. The molecule has 1 amide bonds. The first kappa shape index (κ1) is 80.1. The average Bonchev–Trinajstić information content (AvgIpc) is 3.48. The molecule has 0 aromatic carbocycles. The predicted molar refractivity (Wildman–Crippen MR) is 361 cm³/mol. The zero-order valence-corrected chi connectivity index (χ0v) is 55.5. The number of allylic oxidation sites excluding steroid dienone is 6. The van der Waals surface area contributed by atoms with Crippen LogP contribution in [0.4, 0.5) is 0 Å². The van der Waals surface area contributed by atoms with Gasteiger partial charge in [0, 0.05) is 12.8 Å². The van der Waals surface area contributed by atoms with Crippen LogP contribution in [-0.2, 0) is 14.3 Å². The highest BCUT2D eigenvalue weighted by Gasteiger charge is 2.20. The molecule has 0 aromatic heterocycles. The van der Waals surface area contributed by atoms with Crippen molar-refractivity contribution in [3.05, 3.63) is 36.5 Å². The third-order valence-electron chi connectivity index (χ3n) is 17.4. The van der Waals surface area contributed by atoms with Crippen LogP contribution in [0, 0.1) is 0 Å². The van der Waals surface area contributed by atoms with Crippen LogP contribution in [0.2, 0.25) is 0 Å². The van der Waals surface area contributed by atoms with Crippen molar-refractivity contribution >= 4 is 11.9 Å². The average molecular weight is 1150 g/mol. The summed E-state index contributed by atoms with van der Waals surface area (Å²) in [6, 6.07) is -0.546. The lowest BCUT2D eigenvalue weighted by Crippen LogP contribution is -2.45. The quantitative estimate of drug-likeness (QED) is 0.0320. The number of aliphatic hydroxyl groups excluding tert-OH is 2. The highest BCUT2D eigenvalue weighted by Crippen LogP contribution is 2.19. The molecule has 82 heavy (non-hydrogen) atoms. The molecule has 2 unspecified atom stereocenters. The number of carbonyl (C=O) groups is 2. The smallest absolute Gasteiger partial charge is 0.305 e. The van der Waals surface area contributed by atoms with Crippen molar-refractivity contribution in [1.29, 1.82) is 0 Å². The van der Waals surface area contributed by atoms with Crippen LogP contribution >= 0.6 is 0 Å². The van der Waals surface area contributed by atoms with Gasteiger partial charge >= 0.3 is 5.97 Å². The second-order valence-corrected chi connectivity index (χ2v) is 25.6. The molecule has 484 valence electrons. The molecule has 0 aliphatic rings. The summed E-state index contributed by atoms with van der Waals surface area (Å²) in [6.07, 6.45) is 92.0. The Hall–Kier alpha value is -1.92. The van der Waals surface area contributed by atoms with E-state index >= 15 is 0 Å². The highest BCUT2D eigenvalue weighted by molar-refractivity contribution is 5.76. The first-order valence-electron chi connectivity index (χ1n) is 37.2. The Morgan fingerprint density at radius 3 is 0.939 bits per heavy atom. The molecule has 0 aliphatic heterocycles. The number of hydrogen-bond acceptors (Lipinski definition) is 5. The third kappa shape index (κ3) is 67.2. The molecule has 0 spiro atoms. The molecule has 0 saturated heterocycles. The van der Waals surface area contributed by atoms with Crippen molar-refractivity contribution in [2.24, 2.45) is 0 Å². The fraction of sp³-hybridized carbons (Fsp3) is 0.895. The molecule has 2 atom stereocenters. The minimum absolute atomic E-state index is 0.00275. The molecule has 0 bridgehead atoms. The lowest BCUT2D eigenvalue weighted by atomic mass is 10.0. The number of ether oxygens (including phenoxy) is 1. The number of nitrogens with one attached hydrogen (secondary N) is 1. The van der Waals surface area contributed by atoms with E-state index in [2.05, 4.69) is 55.6 Å². The summed E-state index contributed by atoms with van der Waals surface area (Å²) in [6.45, 7) is 4.97. The first-order valence-corrected chi connectivity index (χ1v) is 37.2. The summed E-state index contributed by atoms with van der Waals surface area (Å²) in [5.41, 5.74) is 0. The molecule has 0 aliphatic carbocycles. The van der Waals surface area contributed by atoms with Crippen LogP contribution in [0.15, 0.2) is 36.5 Å². The van der Waals surface area contributed by atoms with E-state index in [-0.39, 0.29) is 18.5 Å². The number of amides is 1. The van der Waals surface area contributed by atoms with Crippen molar-refractivity contribution in [1.82, 2.24) is 5.32 Å². The van der Waals surface area contributed by atoms with E-state index in [4.69, 9.17) is 4.74 Å². The number of unbranched alkanes of at least 4 members (excludes halogenated alkanes) is 53. The van der Waals surface area contributed by atoms with Crippen LogP contribution in [0.25, 0.3) is 0 Å².